The SMILES string of the molecule is N=C(N)c1ccc(-c2ccc(-c3ccc(Cl)cc3)s2)s1. The van der Waals surface area contributed by atoms with Crippen molar-refractivity contribution < 1.29 is 0 Å². The monoisotopic (exact) mass is 318 g/mol. The first-order valence-corrected chi connectivity index (χ1v) is 7.95. The zero-order valence-corrected chi connectivity index (χ0v) is 12.8. The average molecular weight is 319 g/mol. The first-order chi connectivity index (χ1) is 9.63. The van der Waals surface area contributed by atoms with Crippen LogP contribution >= 0.6 is 34.3 Å². The van der Waals surface area contributed by atoms with Crippen molar-refractivity contribution >= 4 is 40.1 Å². The topological polar surface area (TPSA) is 49.9 Å². The Hall–Kier alpha value is -1.62. The number of hydrogen-bond donors (Lipinski definition) is 2. The van der Waals surface area contributed by atoms with E-state index in [-0.39, 0.29) is 5.84 Å². The lowest BCUT2D eigenvalue weighted by molar-refractivity contribution is 1.45. The highest BCUT2D eigenvalue weighted by molar-refractivity contribution is 7.24. The van der Waals surface area contributed by atoms with Crippen molar-refractivity contribution in [3.05, 3.63) is 58.4 Å². The van der Waals surface area contributed by atoms with Gasteiger partial charge in [-0.25, -0.2) is 0 Å². The van der Waals surface area contributed by atoms with E-state index in [4.69, 9.17) is 22.7 Å². The number of rotatable bonds is 3. The van der Waals surface area contributed by atoms with Crippen LogP contribution in [0.3, 0.4) is 0 Å². The molecule has 0 radical (unpaired) electrons. The van der Waals surface area contributed by atoms with E-state index in [2.05, 4.69) is 12.1 Å². The number of hydrogen-bond acceptors (Lipinski definition) is 3. The molecule has 0 aliphatic rings. The molecule has 1 aromatic carbocycles. The molecule has 0 saturated carbocycles. The summed E-state index contributed by atoms with van der Waals surface area (Å²) in [6.45, 7) is 0. The molecule has 0 aliphatic heterocycles. The van der Waals surface area contributed by atoms with Crippen LogP contribution in [0, 0.1) is 5.41 Å². The van der Waals surface area contributed by atoms with Crippen molar-refractivity contribution in [2.75, 3.05) is 0 Å². The summed E-state index contributed by atoms with van der Waals surface area (Å²) in [5.74, 6) is 0.121. The first kappa shape index (κ1) is 13.4. The highest BCUT2D eigenvalue weighted by Crippen LogP contribution is 2.37. The normalized spacial score (nSPS) is 10.7. The molecule has 0 unspecified atom stereocenters. The third kappa shape index (κ3) is 2.63. The van der Waals surface area contributed by atoms with E-state index in [0.29, 0.717) is 0 Å². The van der Waals surface area contributed by atoms with Gasteiger partial charge in [0, 0.05) is 19.7 Å². The molecule has 3 N–H and O–H groups in total. The van der Waals surface area contributed by atoms with Crippen LogP contribution in [0.4, 0.5) is 0 Å². The van der Waals surface area contributed by atoms with E-state index < -0.39 is 0 Å². The van der Waals surface area contributed by atoms with Crippen LogP contribution in [-0.4, -0.2) is 5.84 Å². The second-order valence-electron chi connectivity index (χ2n) is 4.25. The van der Waals surface area contributed by atoms with Crippen LogP contribution in [0.15, 0.2) is 48.5 Å². The molecule has 0 saturated heterocycles. The molecule has 2 aromatic heterocycles. The summed E-state index contributed by atoms with van der Waals surface area (Å²) in [7, 11) is 0. The number of amidine groups is 1. The number of benzene rings is 1. The maximum atomic E-state index is 7.45. The summed E-state index contributed by atoms with van der Waals surface area (Å²) >= 11 is 9.18. The predicted molar refractivity (Wildman–Crippen MR) is 89.1 cm³/mol. The fourth-order valence-corrected chi connectivity index (χ4v) is 3.95. The van der Waals surface area contributed by atoms with E-state index in [0.717, 1.165) is 20.3 Å². The lowest BCUT2D eigenvalue weighted by atomic mass is 10.2. The number of nitrogens with one attached hydrogen (secondary N) is 1. The molecular formula is C15H11ClN2S2. The van der Waals surface area contributed by atoms with E-state index in [1.807, 2.05) is 36.4 Å². The maximum Gasteiger partial charge on any atom is 0.133 e. The minimum absolute atomic E-state index is 0.121. The Morgan fingerprint density at radius 3 is 2.10 bits per heavy atom. The maximum absolute atomic E-state index is 7.45. The van der Waals surface area contributed by atoms with Gasteiger partial charge in [0.25, 0.3) is 0 Å². The number of nitrogen functional groups attached to an aromatic ring is 1. The van der Waals surface area contributed by atoms with Crippen LogP contribution in [0.1, 0.15) is 4.88 Å². The fraction of sp³-hybridized carbons (Fsp3) is 0. The van der Waals surface area contributed by atoms with Gasteiger partial charge in [-0.05, 0) is 42.0 Å². The second kappa shape index (κ2) is 5.40. The second-order valence-corrected chi connectivity index (χ2v) is 6.85. The van der Waals surface area contributed by atoms with E-state index in [1.54, 1.807) is 22.7 Å². The van der Waals surface area contributed by atoms with Gasteiger partial charge >= 0.3 is 0 Å². The van der Waals surface area contributed by atoms with Gasteiger partial charge in [-0.1, -0.05) is 23.7 Å². The van der Waals surface area contributed by atoms with E-state index in [9.17, 15) is 0 Å². The summed E-state index contributed by atoms with van der Waals surface area (Å²) in [5, 5.41) is 8.20. The molecule has 0 spiro atoms. The highest BCUT2D eigenvalue weighted by atomic mass is 35.5. The van der Waals surface area contributed by atoms with Crippen LogP contribution < -0.4 is 5.73 Å². The van der Waals surface area contributed by atoms with Gasteiger partial charge in [0.1, 0.15) is 5.84 Å². The molecule has 2 heterocycles. The van der Waals surface area contributed by atoms with Crippen molar-refractivity contribution in [2.24, 2.45) is 5.73 Å². The molecule has 2 nitrogen and oxygen atoms in total. The van der Waals surface area contributed by atoms with Crippen LogP contribution in [0.5, 0.6) is 0 Å². The smallest absolute Gasteiger partial charge is 0.133 e. The third-order valence-corrected chi connectivity index (χ3v) is 5.55. The molecule has 20 heavy (non-hydrogen) atoms. The third-order valence-electron chi connectivity index (χ3n) is 2.85. The van der Waals surface area contributed by atoms with E-state index >= 15 is 0 Å². The van der Waals surface area contributed by atoms with Crippen molar-refractivity contribution in [1.82, 2.24) is 0 Å². The largest absolute Gasteiger partial charge is 0.383 e. The van der Waals surface area contributed by atoms with Gasteiger partial charge in [0.05, 0.1) is 4.88 Å². The van der Waals surface area contributed by atoms with Gasteiger partial charge < -0.3 is 5.73 Å². The predicted octanol–water partition coefficient (Wildman–Crippen LogP) is 5.08. The molecule has 0 aliphatic carbocycles. The number of thiophene rings is 2. The van der Waals surface area contributed by atoms with Gasteiger partial charge in [0.2, 0.25) is 0 Å². The Labute approximate surface area is 130 Å². The Balaban J connectivity index is 1.93. The van der Waals surface area contributed by atoms with Crippen LogP contribution in [0.25, 0.3) is 20.2 Å². The van der Waals surface area contributed by atoms with Gasteiger partial charge in [-0.2, -0.15) is 0 Å². The standard InChI is InChI=1S/C15H11ClN2S2/c16-10-3-1-9(2-4-10)11-5-6-12(19-11)13-7-8-14(20-13)15(17)18/h1-8H,(H3,17,18). The van der Waals surface area contributed by atoms with E-state index in [1.165, 1.54) is 9.75 Å². The molecule has 0 bridgehead atoms. The summed E-state index contributed by atoms with van der Waals surface area (Å²) < 4.78 is 0. The van der Waals surface area contributed by atoms with Crippen molar-refractivity contribution in [3.8, 4) is 20.2 Å². The van der Waals surface area contributed by atoms with Crippen molar-refractivity contribution in [2.45, 2.75) is 0 Å². The quantitative estimate of drug-likeness (QED) is 0.513. The summed E-state index contributed by atoms with van der Waals surface area (Å²) in [6, 6.07) is 16.0. The number of nitrogens with two attached hydrogens (primary N) is 1. The lowest BCUT2D eigenvalue weighted by Crippen LogP contribution is -2.08. The summed E-state index contributed by atoms with van der Waals surface area (Å²) in [5.41, 5.74) is 6.66. The zero-order chi connectivity index (χ0) is 14.1. The van der Waals surface area contributed by atoms with Gasteiger partial charge in [0.15, 0.2) is 0 Å². The average Bonchev–Trinajstić information content (AvgIpc) is 3.08. The Morgan fingerprint density at radius 1 is 0.850 bits per heavy atom. The minimum Gasteiger partial charge on any atom is -0.383 e. The summed E-state index contributed by atoms with van der Waals surface area (Å²) in [4.78, 5) is 4.34. The Bertz CT molecular complexity index is 756. The minimum atomic E-state index is 0.121. The molecule has 3 aromatic rings. The Kier molecular flexibility index (Phi) is 3.61. The lowest BCUT2D eigenvalue weighted by Gasteiger charge is -1.96. The van der Waals surface area contributed by atoms with Gasteiger partial charge in [-0.15, -0.1) is 22.7 Å². The summed E-state index contributed by atoms with van der Waals surface area (Å²) in [6.07, 6.45) is 0. The molecular weight excluding hydrogens is 308 g/mol. The molecule has 0 amide bonds. The first-order valence-electron chi connectivity index (χ1n) is 5.94. The van der Waals surface area contributed by atoms with Crippen molar-refractivity contribution in [3.63, 3.8) is 0 Å². The fourth-order valence-electron chi connectivity index (χ4n) is 1.85. The zero-order valence-electron chi connectivity index (χ0n) is 10.4. The van der Waals surface area contributed by atoms with Crippen molar-refractivity contribution in [1.29, 1.82) is 5.41 Å². The Morgan fingerprint density at radius 2 is 1.45 bits per heavy atom. The molecule has 100 valence electrons. The molecule has 5 heteroatoms. The van der Waals surface area contributed by atoms with Gasteiger partial charge in [-0.3, -0.25) is 5.41 Å². The molecule has 0 atom stereocenters. The van der Waals surface area contributed by atoms with Crippen LogP contribution in [-0.2, 0) is 0 Å². The van der Waals surface area contributed by atoms with Crippen LogP contribution in [0.2, 0.25) is 5.02 Å². The molecule has 0 fully saturated rings. The highest BCUT2D eigenvalue weighted by Gasteiger charge is 2.08. The number of halogens is 1. The molecule has 3 rings (SSSR count).